The number of hydrogen-bond acceptors (Lipinski definition) is 4. The number of carbonyl (C=O) groups is 2. The lowest BCUT2D eigenvalue weighted by atomic mass is 10.1. The Morgan fingerprint density at radius 3 is 2.65 bits per heavy atom. The summed E-state index contributed by atoms with van der Waals surface area (Å²) in [7, 11) is 0. The Balaban J connectivity index is 1.65. The van der Waals surface area contributed by atoms with Gasteiger partial charge in [0.25, 0.3) is 11.8 Å². The molecule has 0 radical (unpaired) electrons. The molecule has 1 aliphatic rings. The maximum Gasteiger partial charge on any atom is 0.267 e. The second-order valence-corrected chi connectivity index (χ2v) is 6.17. The van der Waals surface area contributed by atoms with Gasteiger partial charge in [0.1, 0.15) is 11.5 Å². The molecule has 0 saturated carbocycles. The molecular formula is C20H22N2O4. The minimum Gasteiger partial charge on any atom is -0.484 e. The van der Waals surface area contributed by atoms with E-state index < -0.39 is 6.10 Å². The zero-order valence-electron chi connectivity index (χ0n) is 15.1. The lowest BCUT2D eigenvalue weighted by Crippen LogP contribution is -2.44. The number of nitrogens with zero attached hydrogens (tertiary/aromatic N) is 1. The van der Waals surface area contributed by atoms with Crippen LogP contribution in [0, 0.1) is 6.92 Å². The van der Waals surface area contributed by atoms with Gasteiger partial charge in [0.05, 0.1) is 5.69 Å². The molecule has 0 aromatic heterocycles. The van der Waals surface area contributed by atoms with Crippen LogP contribution >= 0.6 is 0 Å². The summed E-state index contributed by atoms with van der Waals surface area (Å²) >= 11 is 0. The van der Waals surface area contributed by atoms with Crippen molar-refractivity contribution in [1.82, 2.24) is 0 Å². The molecule has 1 heterocycles. The molecule has 1 atom stereocenters. The fourth-order valence-electron chi connectivity index (χ4n) is 2.79. The standard InChI is InChI=1S/C20H22N2O4/c1-4-22-17-10-7-15(11-18(17)26-14(3)20(22)24)21-19(23)12-25-16-8-5-13(2)6-9-16/h5-11,14H,4,12H2,1-3H3,(H,21,23). The van der Waals surface area contributed by atoms with Crippen molar-refractivity contribution in [2.45, 2.75) is 26.9 Å². The molecule has 0 bridgehead atoms. The van der Waals surface area contributed by atoms with E-state index >= 15 is 0 Å². The first kappa shape index (κ1) is 17.8. The van der Waals surface area contributed by atoms with E-state index in [1.807, 2.05) is 38.1 Å². The van der Waals surface area contributed by atoms with Crippen LogP contribution in [0.1, 0.15) is 19.4 Å². The minimum absolute atomic E-state index is 0.0664. The van der Waals surface area contributed by atoms with Crippen LogP contribution in [0.25, 0.3) is 0 Å². The second-order valence-electron chi connectivity index (χ2n) is 6.17. The van der Waals surface area contributed by atoms with Gasteiger partial charge in [-0.1, -0.05) is 17.7 Å². The number of amides is 2. The summed E-state index contributed by atoms with van der Waals surface area (Å²) in [6, 6.07) is 12.8. The summed E-state index contributed by atoms with van der Waals surface area (Å²) in [5.74, 6) is 0.891. The SMILES string of the molecule is CCN1C(=O)C(C)Oc2cc(NC(=O)COc3ccc(C)cc3)ccc21. The maximum atomic E-state index is 12.1. The fourth-order valence-corrected chi connectivity index (χ4v) is 2.79. The van der Waals surface area contributed by atoms with E-state index in [-0.39, 0.29) is 18.4 Å². The molecule has 1 N–H and O–H groups in total. The largest absolute Gasteiger partial charge is 0.484 e. The average molecular weight is 354 g/mol. The third-order valence-electron chi connectivity index (χ3n) is 4.16. The maximum absolute atomic E-state index is 12.1. The molecule has 26 heavy (non-hydrogen) atoms. The summed E-state index contributed by atoms with van der Waals surface area (Å²) in [5.41, 5.74) is 2.44. The summed E-state index contributed by atoms with van der Waals surface area (Å²) in [4.78, 5) is 25.9. The molecule has 0 fully saturated rings. The molecule has 6 nitrogen and oxygen atoms in total. The van der Waals surface area contributed by atoms with Crippen LogP contribution in [0.4, 0.5) is 11.4 Å². The Morgan fingerprint density at radius 2 is 1.96 bits per heavy atom. The lowest BCUT2D eigenvalue weighted by molar-refractivity contribution is -0.125. The number of rotatable bonds is 5. The quantitative estimate of drug-likeness (QED) is 0.896. The molecule has 2 aromatic carbocycles. The van der Waals surface area contributed by atoms with Gasteiger partial charge in [0.2, 0.25) is 0 Å². The van der Waals surface area contributed by atoms with Gasteiger partial charge in [0.15, 0.2) is 12.7 Å². The van der Waals surface area contributed by atoms with Crippen LogP contribution < -0.4 is 19.7 Å². The molecule has 6 heteroatoms. The molecule has 2 aromatic rings. The van der Waals surface area contributed by atoms with Crippen LogP contribution in [0.5, 0.6) is 11.5 Å². The topological polar surface area (TPSA) is 67.9 Å². The van der Waals surface area contributed by atoms with E-state index in [0.29, 0.717) is 29.4 Å². The monoisotopic (exact) mass is 354 g/mol. The van der Waals surface area contributed by atoms with Crippen molar-refractivity contribution in [3.8, 4) is 11.5 Å². The van der Waals surface area contributed by atoms with Crippen molar-refractivity contribution < 1.29 is 19.1 Å². The second kappa shape index (κ2) is 7.47. The third kappa shape index (κ3) is 3.79. The van der Waals surface area contributed by atoms with Crippen LogP contribution in [0.15, 0.2) is 42.5 Å². The Kier molecular flexibility index (Phi) is 5.11. The first-order valence-corrected chi connectivity index (χ1v) is 8.59. The van der Waals surface area contributed by atoms with Crippen LogP contribution in [0.2, 0.25) is 0 Å². The van der Waals surface area contributed by atoms with Crippen LogP contribution in [-0.2, 0) is 9.59 Å². The van der Waals surface area contributed by atoms with Gasteiger partial charge in [-0.15, -0.1) is 0 Å². The normalized spacial score (nSPS) is 15.9. The molecule has 1 aliphatic heterocycles. The highest BCUT2D eigenvalue weighted by Gasteiger charge is 2.30. The van der Waals surface area contributed by atoms with Gasteiger partial charge in [0, 0.05) is 18.3 Å². The van der Waals surface area contributed by atoms with Crippen molar-refractivity contribution in [1.29, 1.82) is 0 Å². The number of likely N-dealkylation sites (N-methyl/N-ethyl adjacent to an activating group) is 1. The zero-order chi connectivity index (χ0) is 18.7. The Hall–Kier alpha value is -3.02. The lowest BCUT2D eigenvalue weighted by Gasteiger charge is -2.32. The van der Waals surface area contributed by atoms with E-state index in [1.54, 1.807) is 30.0 Å². The highest BCUT2D eigenvalue weighted by molar-refractivity contribution is 6.00. The van der Waals surface area contributed by atoms with Gasteiger partial charge in [-0.25, -0.2) is 0 Å². The van der Waals surface area contributed by atoms with Crippen molar-refractivity contribution in [3.05, 3.63) is 48.0 Å². The van der Waals surface area contributed by atoms with Crippen LogP contribution in [-0.4, -0.2) is 31.1 Å². The molecule has 2 amide bonds. The molecule has 0 spiro atoms. The highest BCUT2D eigenvalue weighted by atomic mass is 16.5. The van der Waals surface area contributed by atoms with Crippen molar-refractivity contribution in [2.24, 2.45) is 0 Å². The minimum atomic E-state index is -0.543. The van der Waals surface area contributed by atoms with Gasteiger partial charge in [-0.2, -0.15) is 0 Å². The van der Waals surface area contributed by atoms with Crippen LogP contribution in [0.3, 0.4) is 0 Å². The number of anilines is 2. The Morgan fingerprint density at radius 1 is 1.23 bits per heavy atom. The summed E-state index contributed by atoms with van der Waals surface area (Å²) in [6.07, 6.45) is -0.543. The Bertz CT molecular complexity index is 817. The van der Waals surface area contributed by atoms with Crippen molar-refractivity contribution >= 4 is 23.2 Å². The molecule has 1 unspecified atom stereocenters. The smallest absolute Gasteiger partial charge is 0.267 e. The Labute approximate surface area is 152 Å². The predicted octanol–water partition coefficient (Wildman–Crippen LogP) is 3.15. The number of aryl methyl sites for hydroxylation is 1. The molecular weight excluding hydrogens is 332 g/mol. The van der Waals surface area contributed by atoms with Gasteiger partial charge in [-0.05, 0) is 45.0 Å². The number of ether oxygens (including phenoxy) is 2. The number of carbonyl (C=O) groups excluding carboxylic acids is 2. The van der Waals surface area contributed by atoms with E-state index in [1.165, 1.54) is 0 Å². The molecule has 136 valence electrons. The first-order valence-electron chi connectivity index (χ1n) is 8.59. The van der Waals surface area contributed by atoms with Crippen molar-refractivity contribution in [2.75, 3.05) is 23.4 Å². The number of hydrogen-bond donors (Lipinski definition) is 1. The van der Waals surface area contributed by atoms with E-state index in [2.05, 4.69) is 5.32 Å². The summed E-state index contributed by atoms with van der Waals surface area (Å²) in [6.45, 7) is 6.10. The number of benzene rings is 2. The first-order chi connectivity index (χ1) is 12.5. The summed E-state index contributed by atoms with van der Waals surface area (Å²) in [5, 5.41) is 2.79. The summed E-state index contributed by atoms with van der Waals surface area (Å²) < 4.78 is 11.1. The van der Waals surface area contributed by atoms with E-state index in [0.717, 1.165) is 5.56 Å². The molecule has 0 saturated heterocycles. The van der Waals surface area contributed by atoms with Gasteiger partial charge >= 0.3 is 0 Å². The highest BCUT2D eigenvalue weighted by Crippen LogP contribution is 2.36. The number of nitrogens with one attached hydrogen (secondary N) is 1. The van der Waals surface area contributed by atoms with Gasteiger partial charge < -0.3 is 19.7 Å². The fraction of sp³-hybridized carbons (Fsp3) is 0.300. The third-order valence-corrected chi connectivity index (χ3v) is 4.16. The van der Waals surface area contributed by atoms with Gasteiger partial charge in [-0.3, -0.25) is 9.59 Å². The zero-order valence-corrected chi connectivity index (χ0v) is 15.1. The number of fused-ring (bicyclic) bond motifs is 1. The van der Waals surface area contributed by atoms with E-state index in [4.69, 9.17) is 9.47 Å². The average Bonchev–Trinajstić information content (AvgIpc) is 2.62. The van der Waals surface area contributed by atoms with Crippen molar-refractivity contribution in [3.63, 3.8) is 0 Å². The molecule has 3 rings (SSSR count). The van der Waals surface area contributed by atoms with E-state index in [9.17, 15) is 9.59 Å². The predicted molar refractivity (Wildman–Crippen MR) is 99.9 cm³/mol. The molecule has 0 aliphatic carbocycles.